The molecule has 0 fully saturated rings. The number of fused-ring (bicyclic) bond motifs is 3. The standard InChI is InChI=1S/C28H42N2O4S2.C27H40N2O4S2.C25H36N2O2S/c1-10-15-36(32,33)29-22-16-20(11-12-21(22)26(31)34-9)30(17-18(2)3)25-19(4)23-24(35-25)28(7,8)14-13-27(23,5)6;1-9-14-35(32,33)28-21-15-19(10-11-20(21)25(30)31)29(16-17(2)3)24-18(4)22-23(34-24)27(7,8)13-12-26(22,5)6;1-15(2)14-27(17-9-10-18(19(26)13-17)23(28)29-8)22-16(3)20-21(30-22)25(6,7)12-11-24(20,4)5/h11-12,16,18,29H,10,13-15,17H2,1-9H3;10-11,15,17,28H,9,12-14,16H2,1-8H3,(H,30,31);9-10,13,15H,11-12,14,26H2,1-8H3. The van der Waals surface area contributed by atoms with Crippen LogP contribution in [-0.2, 0) is 62.0 Å². The second kappa shape index (κ2) is 31.3. The van der Waals surface area contributed by atoms with E-state index in [4.69, 9.17) is 15.2 Å². The highest BCUT2D eigenvalue weighted by Crippen LogP contribution is 2.58. The van der Waals surface area contributed by atoms with Gasteiger partial charge < -0.3 is 35.0 Å². The molecular formula is C80H118N6O10S5. The van der Waals surface area contributed by atoms with E-state index in [1.165, 1.54) is 91.1 Å². The molecule has 0 amide bonds. The van der Waals surface area contributed by atoms with Gasteiger partial charge in [-0.2, -0.15) is 0 Å². The van der Waals surface area contributed by atoms with E-state index in [2.05, 4.69) is 170 Å². The summed E-state index contributed by atoms with van der Waals surface area (Å²) in [5.74, 6) is -1.03. The van der Waals surface area contributed by atoms with Gasteiger partial charge in [0.2, 0.25) is 20.0 Å². The first kappa shape index (κ1) is 82.2. The molecule has 0 unspecified atom stereocenters. The first-order valence-electron chi connectivity index (χ1n) is 36.0. The number of sulfonamides is 2. The van der Waals surface area contributed by atoms with Crippen LogP contribution in [0.2, 0.25) is 0 Å². The smallest absolute Gasteiger partial charge is 0.339 e. The molecule has 16 nitrogen and oxygen atoms in total. The van der Waals surface area contributed by atoms with E-state index in [1.54, 1.807) is 37.3 Å². The number of carboxylic acids is 1. The number of nitrogens with one attached hydrogen (secondary N) is 2. The van der Waals surface area contributed by atoms with Crippen molar-refractivity contribution in [3.63, 3.8) is 0 Å². The summed E-state index contributed by atoms with van der Waals surface area (Å²) in [4.78, 5) is 47.6. The van der Waals surface area contributed by atoms with Crippen LogP contribution in [0.1, 0.15) is 269 Å². The lowest BCUT2D eigenvalue weighted by Crippen LogP contribution is -2.32. The maximum atomic E-state index is 12.6. The van der Waals surface area contributed by atoms with E-state index in [0.717, 1.165) is 67.4 Å². The van der Waals surface area contributed by atoms with Crippen molar-refractivity contribution in [3.05, 3.63) is 119 Å². The lowest BCUT2D eigenvalue weighted by atomic mass is 9.66. The number of esters is 2. The summed E-state index contributed by atoms with van der Waals surface area (Å²) >= 11 is 5.61. The zero-order chi connectivity index (χ0) is 75.8. The van der Waals surface area contributed by atoms with Crippen LogP contribution in [-0.4, -0.2) is 85.2 Å². The highest BCUT2D eigenvalue weighted by atomic mass is 32.2. The molecule has 558 valence electrons. The van der Waals surface area contributed by atoms with Crippen molar-refractivity contribution in [2.75, 3.05) is 75.2 Å². The molecule has 0 saturated carbocycles. The number of nitrogen functional groups attached to an aromatic ring is 1. The normalized spacial score (nSPS) is 16.7. The molecule has 0 aliphatic heterocycles. The molecule has 3 aliphatic rings. The van der Waals surface area contributed by atoms with Gasteiger partial charge in [-0.05, 0) is 210 Å². The van der Waals surface area contributed by atoms with Gasteiger partial charge in [-0.15, -0.1) is 34.0 Å². The zero-order valence-electron chi connectivity index (χ0n) is 65.2. The summed E-state index contributed by atoms with van der Waals surface area (Å²) in [5.41, 5.74) is 19.4. The molecule has 0 atom stereocenters. The van der Waals surface area contributed by atoms with Crippen molar-refractivity contribution < 1.29 is 45.8 Å². The first-order chi connectivity index (χ1) is 46.6. The summed E-state index contributed by atoms with van der Waals surface area (Å²) < 4.78 is 65.3. The fourth-order valence-corrected chi connectivity index (χ4v) is 22.0. The van der Waals surface area contributed by atoms with Gasteiger partial charge in [-0.1, -0.05) is 138 Å². The molecule has 3 aromatic heterocycles. The average molecular weight is 1480 g/mol. The topological polar surface area (TPSA) is 218 Å². The molecule has 0 radical (unpaired) electrons. The summed E-state index contributed by atoms with van der Waals surface area (Å²) in [6, 6.07) is 16.0. The van der Waals surface area contributed by atoms with Crippen LogP contribution in [0.25, 0.3) is 0 Å². The van der Waals surface area contributed by atoms with Gasteiger partial charge in [0.25, 0.3) is 0 Å². The van der Waals surface area contributed by atoms with Crippen molar-refractivity contribution in [2.24, 2.45) is 17.8 Å². The number of carbonyl (C=O) groups excluding carboxylic acids is 2. The van der Waals surface area contributed by atoms with Crippen molar-refractivity contribution in [1.82, 2.24) is 0 Å². The number of ether oxygens (including phenoxy) is 2. The van der Waals surface area contributed by atoms with Gasteiger partial charge in [0, 0.05) is 57.0 Å². The largest absolute Gasteiger partial charge is 0.478 e. The minimum absolute atomic E-state index is 0.0194. The molecule has 0 saturated heterocycles. The van der Waals surface area contributed by atoms with Crippen molar-refractivity contribution in [3.8, 4) is 0 Å². The van der Waals surface area contributed by atoms with E-state index in [0.29, 0.717) is 41.8 Å². The van der Waals surface area contributed by atoms with E-state index < -0.39 is 38.0 Å². The lowest BCUT2D eigenvalue weighted by Gasteiger charge is -2.39. The third-order valence-corrected chi connectivity index (χ3v) is 28.2. The number of rotatable bonds is 23. The predicted octanol–water partition coefficient (Wildman–Crippen LogP) is 20.8. The molecule has 3 heterocycles. The van der Waals surface area contributed by atoms with E-state index in [9.17, 15) is 36.3 Å². The maximum absolute atomic E-state index is 12.6. The third kappa shape index (κ3) is 18.3. The Morgan fingerprint density at radius 1 is 0.475 bits per heavy atom. The number of carboxylic acid groups (broad SMARTS) is 1. The van der Waals surface area contributed by atoms with Crippen molar-refractivity contribution >= 4 is 121 Å². The molecule has 0 bridgehead atoms. The number of hydrogen-bond acceptors (Lipinski definition) is 16. The fourth-order valence-electron chi connectivity index (χ4n) is 14.8. The minimum Gasteiger partial charge on any atom is -0.478 e. The second-order valence-electron chi connectivity index (χ2n) is 33.4. The van der Waals surface area contributed by atoms with Gasteiger partial charge >= 0.3 is 17.9 Å². The number of aromatic carboxylic acids is 1. The number of nitrogens with zero attached hydrogens (tertiary/aromatic N) is 3. The monoisotopic (exact) mass is 1480 g/mol. The summed E-state index contributed by atoms with van der Waals surface area (Å²) in [5, 5.41) is 13.3. The molecule has 5 N–H and O–H groups in total. The Kier molecular flexibility index (Phi) is 25.4. The second-order valence-corrected chi connectivity index (χ2v) is 40.1. The quantitative estimate of drug-likeness (QED) is 0.0347. The Hall–Kier alpha value is -6.13. The van der Waals surface area contributed by atoms with Gasteiger partial charge in [-0.25, -0.2) is 31.2 Å². The molecule has 9 rings (SSSR count). The van der Waals surface area contributed by atoms with Crippen LogP contribution < -0.4 is 29.9 Å². The first-order valence-corrected chi connectivity index (χ1v) is 41.7. The van der Waals surface area contributed by atoms with Crippen LogP contribution >= 0.6 is 34.0 Å². The Balaban J connectivity index is 0.000000213. The van der Waals surface area contributed by atoms with Gasteiger partial charge in [0.05, 0.1) is 68.8 Å². The molecule has 3 aromatic carbocycles. The van der Waals surface area contributed by atoms with Gasteiger partial charge in [0.1, 0.15) is 0 Å². The third-order valence-electron chi connectivity index (χ3n) is 20.2. The number of methoxy groups -OCH3 is 2. The van der Waals surface area contributed by atoms with Crippen molar-refractivity contribution in [1.29, 1.82) is 0 Å². The van der Waals surface area contributed by atoms with Crippen molar-refractivity contribution in [2.45, 2.75) is 243 Å². The fraction of sp³-hybridized carbons (Fsp3) is 0.588. The Labute approximate surface area is 618 Å². The number of benzene rings is 3. The molecule has 3 aliphatic carbocycles. The van der Waals surface area contributed by atoms with Gasteiger partial charge in [-0.3, -0.25) is 9.44 Å². The molecule has 0 spiro atoms. The summed E-state index contributed by atoms with van der Waals surface area (Å²) in [6.45, 7) is 53.9. The minimum atomic E-state index is -3.64. The highest BCUT2D eigenvalue weighted by molar-refractivity contribution is 7.93. The average Bonchev–Trinajstić information content (AvgIpc) is 1.60. The van der Waals surface area contributed by atoms with Crippen LogP contribution in [0, 0.1) is 38.5 Å². The highest BCUT2D eigenvalue weighted by Gasteiger charge is 2.45. The van der Waals surface area contributed by atoms with Crippen LogP contribution in [0.5, 0.6) is 0 Å². The Bertz CT molecular complexity index is 4240. The number of carbonyl (C=O) groups is 3. The SMILES string of the molecule is CCCS(=O)(=O)Nc1cc(N(CC(C)C)c2sc3c(c2C)C(C)(C)CCC3(C)C)ccc1C(=O)O.CCCS(=O)(=O)Nc1cc(N(CC(C)C)c2sc3c(c2C)C(C)(C)CCC3(C)C)ccc1C(=O)OC.COC(=O)c1ccc(N(CC(C)C)c2sc3c(c2C)C(C)(C)CCC3(C)C)cc1N. The Morgan fingerprint density at radius 2 is 0.752 bits per heavy atom. The number of hydrogen-bond donors (Lipinski definition) is 4. The number of thiophene rings is 3. The zero-order valence-corrected chi connectivity index (χ0v) is 69.3. The van der Waals surface area contributed by atoms with Crippen LogP contribution in [0.4, 0.5) is 49.1 Å². The van der Waals surface area contributed by atoms with Crippen LogP contribution in [0.3, 0.4) is 0 Å². The maximum Gasteiger partial charge on any atom is 0.339 e. The summed E-state index contributed by atoms with van der Waals surface area (Å²) in [6.07, 6.45) is 7.89. The van der Waals surface area contributed by atoms with E-state index in [-0.39, 0.29) is 66.5 Å². The predicted molar refractivity (Wildman–Crippen MR) is 427 cm³/mol. The van der Waals surface area contributed by atoms with E-state index >= 15 is 0 Å². The van der Waals surface area contributed by atoms with Gasteiger partial charge in [0.15, 0.2) is 0 Å². The van der Waals surface area contributed by atoms with Crippen LogP contribution in [0.15, 0.2) is 54.6 Å². The number of anilines is 9. The molecule has 21 heteroatoms. The summed E-state index contributed by atoms with van der Waals surface area (Å²) in [7, 11) is -4.56. The number of nitrogens with two attached hydrogens (primary N) is 1. The Morgan fingerprint density at radius 3 is 1.03 bits per heavy atom. The van der Waals surface area contributed by atoms with E-state index in [1.807, 2.05) is 59.1 Å². The molecule has 101 heavy (non-hydrogen) atoms. The molecule has 6 aromatic rings. The lowest BCUT2D eigenvalue weighted by molar-refractivity contribution is 0.0593. The molecular weight excluding hydrogens is 1370 g/mol.